The first-order valence-electron chi connectivity index (χ1n) is 8.51. The van der Waals surface area contributed by atoms with Crippen LogP contribution >= 0.6 is 23.8 Å². The molecule has 3 aromatic rings. The van der Waals surface area contributed by atoms with E-state index in [1.165, 1.54) is 0 Å². The third kappa shape index (κ3) is 4.35. The molecule has 1 aromatic heterocycles. The van der Waals surface area contributed by atoms with E-state index < -0.39 is 0 Å². The lowest BCUT2D eigenvalue weighted by atomic mass is 10.1. The molecular formula is C22H20ClN2OS+. The van der Waals surface area contributed by atoms with Crippen LogP contribution in [0.3, 0.4) is 0 Å². The van der Waals surface area contributed by atoms with Gasteiger partial charge in [-0.15, -0.1) is 0 Å². The number of hydrogen-bond acceptors (Lipinski definition) is 2. The normalized spacial score (nSPS) is 11.7. The van der Waals surface area contributed by atoms with Gasteiger partial charge in [0.05, 0.1) is 5.02 Å². The highest BCUT2D eigenvalue weighted by molar-refractivity contribution is 7.81. The van der Waals surface area contributed by atoms with E-state index in [0.29, 0.717) is 21.3 Å². The number of anilines is 1. The lowest BCUT2D eigenvalue weighted by molar-refractivity contribution is -0.576. The molecule has 1 heterocycles. The molecule has 27 heavy (non-hydrogen) atoms. The quantitative estimate of drug-likeness (QED) is 0.262. The van der Waals surface area contributed by atoms with Crippen LogP contribution in [-0.2, 0) is 0 Å². The fourth-order valence-electron chi connectivity index (χ4n) is 2.75. The number of aryl methyl sites for hydroxylation is 2. The second-order valence-electron chi connectivity index (χ2n) is 6.23. The second-order valence-corrected chi connectivity index (χ2v) is 7.05. The number of hydrogen-bond donors (Lipinski definition) is 2. The molecule has 0 amide bonds. The minimum atomic E-state index is 0.0160. The Morgan fingerprint density at radius 2 is 1.70 bits per heavy atom. The number of para-hydroxylation sites is 1. The molecule has 2 aromatic carbocycles. The minimum absolute atomic E-state index is 0.0160. The van der Waals surface area contributed by atoms with Crippen LogP contribution < -0.4 is 9.88 Å². The highest BCUT2D eigenvalue weighted by atomic mass is 35.5. The summed E-state index contributed by atoms with van der Waals surface area (Å²) in [5.41, 5.74) is 3.98. The molecule has 0 saturated heterocycles. The van der Waals surface area contributed by atoms with Crippen LogP contribution in [0.1, 0.15) is 16.7 Å². The molecule has 0 unspecified atom stereocenters. The van der Waals surface area contributed by atoms with E-state index in [4.69, 9.17) is 23.8 Å². The molecule has 0 aliphatic carbocycles. The van der Waals surface area contributed by atoms with Gasteiger partial charge in [-0.25, -0.2) is 0 Å². The molecule has 0 bridgehead atoms. The number of benzene rings is 2. The molecule has 0 aliphatic heterocycles. The van der Waals surface area contributed by atoms with Gasteiger partial charge < -0.3 is 10.4 Å². The van der Waals surface area contributed by atoms with Gasteiger partial charge in [-0.1, -0.05) is 54.2 Å². The summed E-state index contributed by atoms with van der Waals surface area (Å²) in [6, 6.07) is 18.9. The third-order valence-corrected chi connectivity index (χ3v) is 4.79. The Hall–Kier alpha value is -2.69. The fraction of sp³-hybridized carbons (Fsp3) is 0.0909. The summed E-state index contributed by atoms with van der Waals surface area (Å²) in [5.74, 6) is 0.0160. The number of halogens is 1. The van der Waals surface area contributed by atoms with Gasteiger partial charge in [0.1, 0.15) is 0 Å². The molecule has 0 atom stereocenters. The van der Waals surface area contributed by atoms with Crippen LogP contribution in [0.5, 0.6) is 0 Å². The standard InChI is InChI=1S/C22H19ClN2OS/c1-15-8-7-13-25(14-15)20(21(26)17-10-4-5-11-18(17)23)22(27)24-19-12-6-3-9-16(19)2/h3-14H,1-2H3,(H-,24,26,27)/p+1. The van der Waals surface area contributed by atoms with Crippen molar-refractivity contribution in [3.8, 4) is 0 Å². The topological polar surface area (TPSA) is 36.1 Å². The van der Waals surface area contributed by atoms with Crippen molar-refractivity contribution in [2.45, 2.75) is 13.8 Å². The van der Waals surface area contributed by atoms with E-state index in [0.717, 1.165) is 16.8 Å². The lowest BCUT2D eigenvalue weighted by Gasteiger charge is -2.12. The zero-order valence-corrected chi connectivity index (χ0v) is 16.7. The average Bonchev–Trinajstić information content (AvgIpc) is 2.64. The summed E-state index contributed by atoms with van der Waals surface area (Å²) in [7, 11) is 0. The van der Waals surface area contributed by atoms with Crippen molar-refractivity contribution >= 4 is 46.0 Å². The summed E-state index contributed by atoms with van der Waals surface area (Å²) in [6.07, 6.45) is 3.76. The predicted molar refractivity (Wildman–Crippen MR) is 116 cm³/mol. The number of aliphatic hydroxyl groups excluding tert-OH is 1. The first-order chi connectivity index (χ1) is 13.0. The maximum Gasteiger partial charge on any atom is 0.288 e. The molecule has 0 radical (unpaired) electrons. The Kier molecular flexibility index (Phi) is 5.89. The molecule has 3 nitrogen and oxygen atoms in total. The zero-order valence-electron chi connectivity index (χ0n) is 15.1. The summed E-state index contributed by atoms with van der Waals surface area (Å²) < 4.78 is 1.81. The van der Waals surface area contributed by atoms with Gasteiger partial charge in [-0.2, -0.15) is 4.57 Å². The first-order valence-corrected chi connectivity index (χ1v) is 9.29. The van der Waals surface area contributed by atoms with Gasteiger partial charge in [0.2, 0.25) is 5.76 Å². The number of thiocarbonyl (C=S) groups is 1. The van der Waals surface area contributed by atoms with Crippen LogP contribution in [0.25, 0.3) is 11.5 Å². The van der Waals surface area contributed by atoms with E-state index in [2.05, 4.69) is 5.32 Å². The predicted octanol–water partition coefficient (Wildman–Crippen LogP) is 5.57. The Morgan fingerprint density at radius 3 is 2.41 bits per heavy atom. The van der Waals surface area contributed by atoms with Crippen molar-refractivity contribution in [3.05, 3.63) is 94.8 Å². The molecular weight excluding hydrogens is 376 g/mol. The number of rotatable bonds is 4. The summed E-state index contributed by atoms with van der Waals surface area (Å²) in [5, 5.41) is 14.8. The molecule has 0 spiro atoms. The van der Waals surface area contributed by atoms with Crippen LogP contribution in [0.4, 0.5) is 5.69 Å². The molecule has 0 fully saturated rings. The lowest BCUT2D eigenvalue weighted by Crippen LogP contribution is -2.38. The van der Waals surface area contributed by atoms with Gasteiger partial charge >= 0.3 is 0 Å². The Morgan fingerprint density at radius 1 is 1.00 bits per heavy atom. The smallest absolute Gasteiger partial charge is 0.288 e. The van der Waals surface area contributed by atoms with E-state index in [-0.39, 0.29) is 5.76 Å². The van der Waals surface area contributed by atoms with Crippen LogP contribution in [0.2, 0.25) is 5.02 Å². The summed E-state index contributed by atoms with van der Waals surface area (Å²) in [4.78, 5) is 0.400. The Balaban J connectivity index is 2.13. The first kappa shape index (κ1) is 19.1. The Bertz CT molecular complexity index is 1030. The number of aliphatic hydroxyl groups is 1. The number of aromatic nitrogens is 1. The van der Waals surface area contributed by atoms with Gasteiger partial charge in [-0.3, -0.25) is 0 Å². The van der Waals surface area contributed by atoms with Crippen LogP contribution in [0.15, 0.2) is 73.1 Å². The molecule has 0 saturated carbocycles. The van der Waals surface area contributed by atoms with Crippen molar-refractivity contribution < 1.29 is 9.67 Å². The van der Waals surface area contributed by atoms with E-state index >= 15 is 0 Å². The second kappa shape index (κ2) is 8.33. The average molecular weight is 396 g/mol. The van der Waals surface area contributed by atoms with Crippen molar-refractivity contribution in [2.75, 3.05) is 5.32 Å². The molecule has 2 N–H and O–H groups in total. The zero-order chi connectivity index (χ0) is 19.4. The van der Waals surface area contributed by atoms with E-state index in [9.17, 15) is 5.11 Å². The van der Waals surface area contributed by atoms with E-state index in [1.54, 1.807) is 12.1 Å². The van der Waals surface area contributed by atoms with E-state index in [1.807, 2.05) is 79.3 Å². The molecule has 136 valence electrons. The molecule has 0 aliphatic rings. The van der Waals surface area contributed by atoms with Crippen molar-refractivity contribution in [1.82, 2.24) is 0 Å². The van der Waals surface area contributed by atoms with Gasteiger partial charge in [0, 0.05) is 22.9 Å². The number of pyridine rings is 1. The third-order valence-electron chi connectivity index (χ3n) is 4.17. The highest BCUT2D eigenvalue weighted by Gasteiger charge is 2.25. The Labute approximate surface area is 169 Å². The van der Waals surface area contributed by atoms with Crippen molar-refractivity contribution in [2.24, 2.45) is 0 Å². The van der Waals surface area contributed by atoms with Crippen molar-refractivity contribution in [1.29, 1.82) is 0 Å². The highest BCUT2D eigenvalue weighted by Crippen LogP contribution is 2.26. The monoisotopic (exact) mass is 395 g/mol. The van der Waals surface area contributed by atoms with Gasteiger partial charge in [0.25, 0.3) is 5.70 Å². The largest absolute Gasteiger partial charge is 0.502 e. The van der Waals surface area contributed by atoms with Crippen molar-refractivity contribution in [3.63, 3.8) is 0 Å². The number of nitrogens with one attached hydrogen (secondary N) is 1. The summed E-state index contributed by atoms with van der Waals surface area (Å²) >= 11 is 12.0. The maximum absolute atomic E-state index is 11.1. The van der Waals surface area contributed by atoms with Gasteiger partial charge in [0.15, 0.2) is 17.4 Å². The van der Waals surface area contributed by atoms with Crippen LogP contribution in [-0.4, -0.2) is 10.1 Å². The number of nitrogens with zero attached hydrogens (tertiary/aromatic N) is 1. The molecule has 3 rings (SSSR count). The maximum atomic E-state index is 11.1. The minimum Gasteiger partial charge on any atom is -0.502 e. The van der Waals surface area contributed by atoms with Crippen LogP contribution in [0, 0.1) is 13.8 Å². The summed E-state index contributed by atoms with van der Waals surface area (Å²) in [6.45, 7) is 3.99. The SMILES string of the molecule is Cc1ccc[n+](C(C(=S)Nc2ccccc2C)=C(O)c2ccccc2Cl)c1. The molecule has 5 heteroatoms. The van der Waals surface area contributed by atoms with Gasteiger partial charge in [-0.05, 0) is 43.7 Å². The fourth-order valence-corrected chi connectivity index (χ4v) is 3.29.